The third-order valence-corrected chi connectivity index (χ3v) is 7.55. The highest BCUT2D eigenvalue weighted by atomic mass is 35.5. The van der Waals surface area contributed by atoms with Gasteiger partial charge in [0.05, 0.1) is 12.1 Å². The number of carbonyl (C=O) groups excluding carboxylic acids is 1. The number of nitrogens with zero attached hydrogens (tertiary/aromatic N) is 3. The number of nitrogens with one attached hydrogen (secondary N) is 1. The maximum atomic E-state index is 13.3. The van der Waals surface area contributed by atoms with Crippen molar-refractivity contribution in [2.75, 3.05) is 31.9 Å². The molecule has 2 aliphatic heterocycles. The summed E-state index contributed by atoms with van der Waals surface area (Å²) in [7, 11) is 1.94. The molecular formula is C18H29ClN4OS. The Bertz CT molecular complexity index is 596. The number of carbonyl (C=O) groups is 1. The van der Waals surface area contributed by atoms with Gasteiger partial charge in [0.2, 0.25) is 5.91 Å². The van der Waals surface area contributed by atoms with Gasteiger partial charge in [0, 0.05) is 55.8 Å². The van der Waals surface area contributed by atoms with Crippen LogP contribution in [0.25, 0.3) is 0 Å². The fourth-order valence-electron chi connectivity index (χ4n) is 4.69. The number of hydrogen-bond donors (Lipinski definition) is 1. The molecule has 1 aromatic rings. The van der Waals surface area contributed by atoms with Crippen molar-refractivity contribution in [2.24, 2.45) is 13.0 Å². The molecule has 3 fully saturated rings. The van der Waals surface area contributed by atoms with E-state index in [9.17, 15) is 4.79 Å². The van der Waals surface area contributed by atoms with E-state index in [0.717, 1.165) is 31.9 Å². The van der Waals surface area contributed by atoms with Crippen LogP contribution in [0.15, 0.2) is 12.4 Å². The first-order valence-electron chi connectivity index (χ1n) is 9.29. The summed E-state index contributed by atoms with van der Waals surface area (Å²) in [5.41, 5.74) is 1.19. The Morgan fingerprint density at radius 2 is 2.12 bits per heavy atom. The number of rotatable bonds is 2. The maximum absolute atomic E-state index is 13.3. The average molecular weight is 385 g/mol. The zero-order valence-corrected chi connectivity index (χ0v) is 16.6. The molecule has 25 heavy (non-hydrogen) atoms. The van der Waals surface area contributed by atoms with E-state index < -0.39 is 0 Å². The van der Waals surface area contributed by atoms with Crippen molar-refractivity contribution < 1.29 is 4.79 Å². The van der Waals surface area contributed by atoms with Crippen LogP contribution < -0.4 is 5.32 Å². The Hall–Kier alpha value is -0.720. The predicted molar refractivity (Wildman–Crippen MR) is 104 cm³/mol. The van der Waals surface area contributed by atoms with E-state index >= 15 is 0 Å². The monoisotopic (exact) mass is 384 g/mol. The minimum Gasteiger partial charge on any atom is -0.340 e. The van der Waals surface area contributed by atoms with E-state index in [1.54, 1.807) is 0 Å². The molecule has 0 bridgehead atoms. The minimum atomic E-state index is 0. The smallest absolute Gasteiger partial charge is 0.227 e. The van der Waals surface area contributed by atoms with Gasteiger partial charge in [-0.05, 0) is 18.4 Å². The van der Waals surface area contributed by atoms with E-state index in [4.69, 9.17) is 0 Å². The lowest BCUT2D eigenvalue weighted by atomic mass is 9.86. The molecule has 3 heterocycles. The van der Waals surface area contributed by atoms with Crippen LogP contribution in [0.4, 0.5) is 0 Å². The normalized spacial score (nSPS) is 28.8. The van der Waals surface area contributed by atoms with Gasteiger partial charge in [-0.15, -0.1) is 12.4 Å². The molecule has 1 N–H and O–H groups in total. The van der Waals surface area contributed by atoms with E-state index in [-0.39, 0.29) is 24.2 Å². The van der Waals surface area contributed by atoms with E-state index in [2.05, 4.69) is 33.3 Å². The predicted octanol–water partition coefficient (Wildman–Crippen LogP) is 2.42. The topological polar surface area (TPSA) is 50.2 Å². The van der Waals surface area contributed by atoms with Crippen molar-refractivity contribution in [1.82, 2.24) is 20.0 Å². The van der Waals surface area contributed by atoms with Crippen LogP contribution in [-0.4, -0.2) is 57.3 Å². The second kappa shape index (κ2) is 7.89. The van der Waals surface area contributed by atoms with Gasteiger partial charge in [0.25, 0.3) is 0 Å². The Morgan fingerprint density at radius 1 is 1.32 bits per heavy atom. The maximum Gasteiger partial charge on any atom is 0.227 e. The van der Waals surface area contributed by atoms with Gasteiger partial charge in [-0.2, -0.15) is 16.9 Å². The van der Waals surface area contributed by atoms with Crippen LogP contribution in [0.2, 0.25) is 0 Å². The van der Waals surface area contributed by atoms with Gasteiger partial charge in [-0.3, -0.25) is 9.48 Å². The highest BCUT2D eigenvalue weighted by Gasteiger charge is 2.42. The molecule has 0 radical (unpaired) electrons. The van der Waals surface area contributed by atoms with Crippen LogP contribution in [0.1, 0.15) is 43.6 Å². The summed E-state index contributed by atoms with van der Waals surface area (Å²) >= 11 is 2.13. The molecule has 4 rings (SSSR count). The number of hydrogen-bond acceptors (Lipinski definition) is 4. The number of thioether (sulfide) groups is 1. The molecule has 3 aliphatic rings. The molecule has 7 heteroatoms. The van der Waals surface area contributed by atoms with Crippen LogP contribution in [0, 0.1) is 5.92 Å². The molecule has 2 atom stereocenters. The standard InChI is InChI=1S/C18H28N4OS.ClH/c1-21-12-14(9-20-21)15-10-19-11-16(15)17(23)22-7-8-24-18(13-22)5-3-2-4-6-18;/h9,12,15-16,19H,2-8,10-11,13H2,1H3;1H/t15-,16+;/m1./s1. The minimum absolute atomic E-state index is 0. The molecular weight excluding hydrogens is 356 g/mol. The summed E-state index contributed by atoms with van der Waals surface area (Å²) in [6.45, 7) is 3.57. The van der Waals surface area contributed by atoms with Crippen LogP contribution in [0.3, 0.4) is 0 Å². The number of aryl methyl sites for hydroxylation is 1. The molecule has 1 spiro atoms. The third-order valence-electron chi connectivity index (χ3n) is 6.01. The van der Waals surface area contributed by atoms with E-state index in [1.165, 1.54) is 37.7 Å². The Kier molecular flexibility index (Phi) is 6.01. The van der Waals surface area contributed by atoms with Gasteiger partial charge in [0.15, 0.2) is 0 Å². The Balaban J connectivity index is 0.00000182. The van der Waals surface area contributed by atoms with Gasteiger partial charge >= 0.3 is 0 Å². The van der Waals surface area contributed by atoms with Crippen LogP contribution in [0.5, 0.6) is 0 Å². The zero-order valence-electron chi connectivity index (χ0n) is 14.9. The summed E-state index contributed by atoms with van der Waals surface area (Å²) in [4.78, 5) is 15.4. The summed E-state index contributed by atoms with van der Waals surface area (Å²) in [5, 5.41) is 7.73. The molecule has 0 unspecified atom stereocenters. The quantitative estimate of drug-likeness (QED) is 0.850. The Morgan fingerprint density at radius 3 is 2.84 bits per heavy atom. The molecule has 1 aromatic heterocycles. The van der Waals surface area contributed by atoms with Crippen molar-refractivity contribution in [3.8, 4) is 0 Å². The van der Waals surface area contributed by atoms with Gasteiger partial charge < -0.3 is 10.2 Å². The SMILES string of the molecule is Cl.Cn1cc([C@H]2CNC[C@@H]2C(=O)N2CCSC3(CCCCC3)C2)cn1. The molecule has 1 amide bonds. The molecule has 0 aromatic carbocycles. The van der Waals surface area contributed by atoms with Crippen molar-refractivity contribution in [3.05, 3.63) is 18.0 Å². The number of amides is 1. The van der Waals surface area contributed by atoms with Crippen molar-refractivity contribution in [3.63, 3.8) is 0 Å². The lowest BCUT2D eigenvalue weighted by Crippen LogP contribution is -2.52. The number of aromatic nitrogens is 2. The zero-order chi connectivity index (χ0) is 16.6. The molecule has 1 aliphatic carbocycles. The lowest BCUT2D eigenvalue weighted by Gasteiger charge is -2.45. The van der Waals surface area contributed by atoms with Crippen molar-refractivity contribution >= 4 is 30.1 Å². The summed E-state index contributed by atoms with van der Waals surface area (Å²) in [6.07, 6.45) is 10.6. The lowest BCUT2D eigenvalue weighted by molar-refractivity contribution is -0.135. The molecule has 1 saturated carbocycles. The van der Waals surface area contributed by atoms with E-state index in [1.807, 2.05) is 17.9 Å². The molecule has 5 nitrogen and oxygen atoms in total. The fourth-order valence-corrected chi connectivity index (χ4v) is 6.26. The highest BCUT2D eigenvalue weighted by Crippen LogP contribution is 2.43. The van der Waals surface area contributed by atoms with Crippen LogP contribution in [-0.2, 0) is 11.8 Å². The van der Waals surface area contributed by atoms with Crippen molar-refractivity contribution in [2.45, 2.75) is 42.8 Å². The Labute approximate surface area is 160 Å². The highest BCUT2D eigenvalue weighted by molar-refractivity contribution is 8.00. The van der Waals surface area contributed by atoms with Gasteiger partial charge in [-0.1, -0.05) is 19.3 Å². The van der Waals surface area contributed by atoms with Crippen molar-refractivity contribution in [1.29, 1.82) is 0 Å². The molecule has 2 saturated heterocycles. The summed E-state index contributed by atoms with van der Waals surface area (Å²) in [5.74, 6) is 1.80. The first-order chi connectivity index (χ1) is 11.7. The largest absolute Gasteiger partial charge is 0.340 e. The first kappa shape index (κ1) is 19.1. The van der Waals surface area contributed by atoms with Gasteiger partial charge in [-0.25, -0.2) is 0 Å². The number of halogens is 1. The summed E-state index contributed by atoms with van der Waals surface area (Å²) < 4.78 is 2.19. The second-order valence-electron chi connectivity index (χ2n) is 7.67. The third kappa shape index (κ3) is 3.86. The summed E-state index contributed by atoms with van der Waals surface area (Å²) in [6, 6.07) is 0. The fraction of sp³-hybridized carbons (Fsp3) is 0.778. The van der Waals surface area contributed by atoms with Crippen LogP contribution >= 0.6 is 24.2 Å². The van der Waals surface area contributed by atoms with E-state index in [0.29, 0.717) is 10.7 Å². The average Bonchev–Trinajstić information content (AvgIpc) is 3.23. The first-order valence-corrected chi connectivity index (χ1v) is 10.3. The van der Waals surface area contributed by atoms with Gasteiger partial charge in [0.1, 0.15) is 0 Å². The molecule has 140 valence electrons. The second-order valence-corrected chi connectivity index (χ2v) is 9.23.